The number of hydrogen-bond donors (Lipinski definition) is 0. The number of carbonyl (C=O) groups is 1. The first-order valence-electron chi connectivity index (χ1n) is 8.27. The molecule has 5 nitrogen and oxygen atoms in total. The van der Waals surface area contributed by atoms with Crippen molar-refractivity contribution in [2.75, 3.05) is 13.7 Å². The second-order valence-electron chi connectivity index (χ2n) is 7.71. The minimum Gasteiger partial charge on any atom is -0.469 e. The topological polar surface area (TPSA) is 48.0 Å². The Labute approximate surface area is 136 Å². The van der Waals surface area contributed by atoms with Crippen LogP contribution >= 0.6 is 0 Å². The zero-order valence-corrected chi connectivity index (χ0v) is 16.3. The van der Waals surface area contributed by atoms with Crippen molar-refractivity contribution in [2.24, 2.45) is 0 Å². The van der Waals surface area contributed by atoms with Gasteiger partial charge < -0.3 is 9.26 Å². The van der Waals surface area contributed by atoms with Crippen molar-refractivity contribution < 1.29 is 18.9 Å². The zero-order valence-electron chi connectivity index (χ0n) is 15.3. The SMILES string of the molecule is CCON(O[Si](C)(C)C(C)(C)C)C1(CC(=O)OC)CCCC1. The highest BCUT2D eigenvalue weighted by Gasteiger charge is 2.48. The summed E-state index contributed by atoms with van der Waals surface area (Å²) in [6.45, 7) is 13.5. The quantitative estimate of drug-likeness (QED) is 0.400. The van der Waals surface area contributed by atoms with E-state index in [0.29, 0.717) is 13.0 Å². The Kier molecular flexibility index (Phi) is 6.62. The number of nitrogens with zero attached hydrogens (tertiary/aromatic N) is 1. The molecule has 1 aliphatic rings. The second-order valence-corrected chi connectivity index (χ2v) is 12.4. The molecule has 1 aliphatic carbocycles. The number of carbonyl (C=O) groups excluding carboxylic acids is 1. The van der Waals surface area contributed by atoms with Crippen LogP contribution in [-0.4, -0.2) is 38.8 Å². The van der Waals surface area contributed by atoms with Crippen molar-refractivity contribution in [1.82, 2.24) is 5.23 Å². The van der Waals surface area contributed by atoms with Gasteiger partial charge in [0, 0.05) is 0 Å². The van der Waals surface area contributed by atoms with Crippen LogP contribution in [0.1, 0.15) is 59.8 Å². The van der Waals surface area contributed by atoms with Gasteiger partial charge in [0.1, 0.15) is 0 Å². The molecule has 6 heteroatoms. The van der Waals surface area contributed by atoms with Crippen LogP contribution in [0.5, 0.6) is 0 Å². The molecule has 0 atom stereocenters. The van der Waals surface area contributed by atoms with Gasteiger partial charge in [0.05, 0.1) is 25.7 Å². The molecule has 0 aromatic heterocycles. The van der Waals surface area contributed by atoms with Crippen molar-refractivity contribution in [1.29, 1.82) is 0 Å². The van der Waals surface area contributed by atoms with E-state index < -0.39 is 13.9 Å². The molecule has 0 aliphatic heterocycles. The minimum atomic E-state index is -2.03. The van der Waals surface area contributed by atoms with E-state index in [0.717, 1.165) is 25.7 Å². The van der Waals surface area contributed by atoms with E-state index in [9.17, 15) is 4.79 Å². The number of hydrogen-bond acceptors (Lipinski definition) is 5. The molecule has 0 bridgehead atoms. The zero-order chi connectivity index (χ0) is 17.0. The molecule has 0 N–H and O–H groups in total. The van der Waals surface area contributed by atoms with E-state index in [-0.39, 0.29) is 11.0 Å². The monoisotopic (exact) mass is 331 g/mol. The molecule has 0 radical (unpaired) electrons. The summed E-state index contributed by atoms with van der Waals surface area (Å²) in [5.41, 5.74) is -0.390. The summed E-state index contributed by atoms with van der Waals surface area (Å²) in [4.78, 5) is 17.7. The van der Waals surface area contributed by atoms with E-state index in [1.165, 1.54) is 7.11 Å². The molecule has 0 heterocycles. The van der Waals surface area contributed by atoms with E-state index in [1.807, 2.05) is 6.92 Å². The van der Waals surface area contributed by atoms with E-state index in [4.69, 9.17) is 14.1 Å². The van der Waals surface area contributed by atoms with E-state index in [1.54, 1.807) is 5.23 Å². The molecule has 130 valence electrons. The first kappa shape index (κ1) is 19.6. The van der Waals surface area contributed by atoms with Gasteiger partial charge in [-0.1, -0.05) is 38.8 Å². The number of methoxy groups -OCH3 is 1. The molecule has 1 fully saturated rings. The van der Waals surface area contributed by atoms with Crippen LogP contribution < -0.4 is 0 Å². The highest BCUT2D eigenvalue weighted by Crippen LogP contribution is 2.43. The Balaban J connectivity index is 3.02. The third-order valence-corrected chi connectivity index (χ3v) is 9.22. The fraction of sp³-hybridized carbons (Fsp3) is 0.938. The number of rotatable bonds is 7. The normalized spacial score (nSPS) is 18.7. The lowest BCUT2D eigenvalue weighted by molar-refractivity contribution is -0.374. The lowest BCUT2D eigenvalue weighted by Crippen LogP contribution is -2.55. The molecule has 0 amide bonds. The van der Waals surface area contributed by atoms with Crippen molar-refractivity contribution in [2.45, 2.75) is 83.5 Å². The van der Waals surface area contributed by atoms with Crippen LogP contribution in [-0.2, 0) is 18.9 Å². The molecular formula is C16H33NO4Si. The summed E-state index contributed by atoms with van der Waals surface area (Å²) < 4.78 is 11.3. The summed E-state index contributed by atoms with van der Waals surface area (Å²) in [5, 5.41) is 1.75. The Morgan fingerprint density at radius 3 is 2.18 bits per heavy atom. The standard InChI is InChI=1S/C16H33NO4Si/c1-8-20-17(21-22(6,7)15(2,3)4)16(11-9-10-12-16)13-14(18)19-5/h8-13H2,1-7H3. The van der Waals surface area contributed by atoms with Gasteiger partial charge >= 0.3 is 5.97 Å². The maximum atomic E-state index is 11.9. The molecule has 0 aromatic carbocycles. The molecular weight excluding hydrogens is 298 g/mol. The molecule has 0 unspecified atom stereocenters. The van der Waals surface area contributed by atoms with E-state index in [2.05, 4.69) is 33.9 Å². The number of hydroxylamine groups is 2. The van der Waals surface area contributed by atoms with Gasteiger partial charge in [-0.3, -0.25) is 9.63 Å². The van der Waals surface area contributed by atoms with Crippen LogP contribution in [0.15, 0.2) is 0 Å². The van der Waals surface area contributed by atoms with Crippen LogP contribution in [0.25, 0.3) is 0 Å². The fourth-order valence-corrected chi connectivity index (χ4v) is 3.45. The van der Waals surface area contributed by atoms with Crippen LogP contribution in [0.4, 0.5) is 0 Å². The average molecular weight is 332 g/mol. The predicted molar refractivity (Wildman–Crippen MR) is 89.6 cm³/mol. The number of esters is 1. The lowest BCUT2D eigenvalue weighted by Gasteiger charge is -2.45. The Bertz CT molecular complexity index is 373. The summed E-state index contributed by atoms with van der Waals surface area (Å²) in [7, 11) is -0.597. The van der Waals surface area contributed by atoms with Crippen LogP contribution in [0.2, 0.25) is 18.1 Å². The van der Waals surface area contributed by atoms with Crippen molar-refractivity contribution in [3.05, 3.63) is 0 Å². The lowest BCUT2D eigenvalue weighted by atomic mass is 9.94. The maximum Gasteiger partial charge on any atom is 0.307 e. The van der Waals surface area contributed by atoms with Gasteiger partial charge in [-0.2, -0.15) is 0 Å². The summed E-state index contributed by atoms with van der Waals surface area (Å²) in [6.07, 6.45) is 4.29. The molecule has 1 rings (SSSR count). The van der Waals surface area contributed by atoms with Gasteiger partial charge in [-0.25, -0.2) is 0 Å². The molecule has 0 spiro atoms. The summed E-state index contributed by atoms with van der Waals surface area (Å²) >= 11 is 0. The smallest absolute Gasteiger partial charge is 0.307 e. The summed E-state index contributed by atoms with van der Waals surface area (Å²) in [5.74, 6) is -0.203. The van der Waals surface area contributed by atoms with Crippen LogP contribution in [0.3, 0.4) is 0 Å². The maximum absolute atomic E-state index is 11.9. The molecule has 22 heavy (non-hydrogen) atoms. The fourth-order valence-electron chi connectivity index (χ4n) is 2.52. The van der Waals surface area contributed by atoms with Gasteiger partial charge in [-0.05, 0) is 37.9 Å². The molecule has 0 saturated heterocycles. The van der Waals surface area contributed by atoms with Crippen LogP contribution in [0, 0.1) is 0 Å². The average Bonchev–Trinajstić information content (AvgIpc) is 2.86. The Morgan fingerprint density at radius 1 is 1.23 bits per heavy atom. The van der Waals surface area contributed by atoms with Gasteiger partial charge in [0.25, 0.3) is 0 Å². The van der Waals surface area contributed by atoms with Gasteiger partial charge in [0.15, 0.2) is 0 Å². The Morgan fingerprint density at radius 2 is 1.77 bits per heavy atom. The van der Waals surface area contributed by atoms with Gasteiger partial charge in [0.2, 0.25) is 8.32 Å². The second kappa shape index (κ2) is 7.42. The van der Waals surface area contributed by atoms with Crippen molar-refractivity contribution in [3.63, 3.8) is 0 Å². The summed E-state index contributed by atoms with van der Waals surface area (Å²) in [6, 6.07) is 0. The highest BCUT2D eigenvalue weighted by atomic mass is 28.4. The predicted octanol–water partition coefficient (Wildman–Crippen LogP) is 4.05. The first-order chi connectivity index (χ1) is 10.1. The molecule has 0 aromatic rings. The third-order valence-electron chi connectivity index (χ3n) is 4.99. The minimum absolute atomic E-state index is 0.0768. The largest absolute Gasteiger partial charge is 0.469 e. The van der Waals surface area contributed by atoms with Gasteiger partial charge in [-0.15, -0.1) is 0 Å². The highest BCUT2D eigenvalue weighted by molar-refractivity contribution is 6.74. The molecule has 1 saturated carbocycles. The third kappa shape index (κ3) is 4.53. The van der Waals surface area contributed by atoms with E-state index >= 15 is 0 Å². The first-order valence-corrected chi connectivity index (χ1v) is 11.2. The van der Waals surface area contributed by atoms with Crippen molar-refractivity contribution in [3.8, 4) is 0 Å². The Hall–Kier alpha value is -0.433. The number of ether oxygens (including phenoxy) is 1. The van der Waals surface area contributed by atoms with Crippen molar-refractivity contribution >= 4 is 14.3 Å².